The molecule has 0 saturated carbocycles. The monoisotopic (exact) mass is 305 g/mol. The Balaban J connectivity index is 2.74. The molecule has 0 aliphatic rings. The first kappa shape index (κ1) is 18.1. The van der Waals surface area contributed by atoms with Crippen molar-refractivity contribution in [3.8, 4) is 11.5 Å². The zero-order valence-electron chi connectivity index (χ0n) is 14.2. The standard InChI is InChI=1S/C18H27NO3/c1-6-14(4)19-18(20)10-8-15-7-9-16(17(11-15)21-5)22-12-13(2)3/h7-11,13-14H,6,12H2,1-5H3,(H,19,20)/b10-8+. The molecule has 0 aliphatic carbocycles. The fourth-order valence-corrected chi connectivity index (χ4v) is 1.73. The first-order valence-electron chi connectivity index (χ1n) is 7.75. The first-order valence-corrected chi connectivity index (χ1v) is 7.75. The van der Waals surface area contributed by atoms with Gasteiger partial charge in [0.15, 0.2) is 11.5 Å². The normalized spacial score (nSPS) is 12.5. The number of hydrogen-bond acceptors (Lipinski definition) is 3. The summed E-state index contributed by atoms with van der Waals surface area (Å²) < 4.78 is 11.1. The number of amides is 1. The van der Waals surface area contributed by atoms with Gasteiger partial charge in [0.05, 0.1) is 13.7 Å². The van der Waals surface area contributed by atoms with E-state index >= 15 is 0 Å². The molecule has 0 saturated heterocycles. The molecule has 0 fully saturated rings. The Hall–Kier alpha value is -1.97. The van der Waals surface area contributed by atoms with Gasteiger partial charge in [-0.2, -0.15) is 0 Å². The lowest BCUT2D eigenvalue weighted by molar-refractivity contribution is -0.117. The second-order valence-corrected chi connectivity index (χ2v) is 5.77. The Morgan fingerprint density at radius 1 is 1.27 bits per heavy atom. The van der Waals surface area contributed by atoms with Gasteiger partial charge < -0.3 is 14.8 Å². The maximum Gasteiger partial charge on any atom is 0.244 e. The van der Waals surface area contributed by atoms with Crippen LogP contribution in [0.2, 0.25) is 0 Å². The van der Waals surface area contributed by atoms with E-state index in [1.165, 1.54) is 6.08 Å². The molecule has 0 aliphatic heterocycles. The highest BCUT2D eigenvalue weighted by Crippen LogP contribution is 2.28. The molecule has 0 bridgehead atoms. The lowest BCUT2D eigenvalue weighted by Crippen LogP contribution is -2.30. The SMILES string of the molecule is CCC(C)NC(=O)/C=C/c1ccc(OCC(C)C)c(OC)c1. The summed E-state index contributed by atoms with van der Waals surface area (Å²) >= 11 is 0. The van der Waals surface area contributed by atoms with Gasteiger partial charge in [-0.05, 0) is 43.0 Å². The fraction of sp³-hybridized carbons (Fsp3) is 0.500. The molecule has 1 N–H and O–H groups in total. The number of ether oxygens (including phenoxy) is 2. The van der Waals surface area contributed by atoms with Crippen LogP contribution in [0.4, 0.5) is 0 Å². The Morgan fingerprint density at radius 3 is 2.59 bits per heavy atom. The highest BCUT2D eigenvalue weighted by molar-refractivity contribution is 5.91. The summed E-state index contributed by atoms with van der Waals surface area (Å²) in [5.74, 6) is 1.75. The molecular weight excluding hydrogens is 278 g/mol. The fourth-order valence-electron chi connectivity index (χ4n) is 1.73. The molecule has 1 aromatic carbocycles. The Morgan fingerprint density at radius 2 is 2.00 bits per heavy atom. The molecule has 0 heterocycles. The summed E-state index contributed by atoms with van der Waals surface area (Å²) in [6.07, 6.45) is 4.22. The molecule has 1 amide bonds. The van der Waals surface area contributed by atoms with Crippen molar-refractivity contribution in [2.45, 2.75) is 40.2 Å². The summed E-state index contributed by atoms with van der Waals surface area (Å²) in [4.78, 5) is 11.7. The van der Waals surface area contributed by atoms with Crippen LogP contribution in [0.1, 0.15) is 39.7 Å². The zero-order valence-corrected chi connectivity index (χ0v) is 14.2. The number of methoxy groups -OCH3 is 1. The van der Waals surface area contributed by atoms with E-state index in [9.17, 15) is 4.79 Å². The van der Waals surface area contributed by atoms with Crippen LogP contribution in [0.3, 0.4) is 0 Å². The van der Waals surface area contributed by atoms with E-state index in [-0.39, 0.29) is 11.9 Å². The maximum absolute atomic E-state index is 11.7. The highest BCUT2D eigenvalue weighted by atomic mass is 16.5. The van der Waals surface area contributed by atoms with Crippen LogP contribution in [0.25, 0.3) is 6.08 Å². The van der Waals surface area contributed by atoms with Gasteiger partial charge in [-0.3, -0.25) is 4.79 Å². The summed E-state index contributed by atoms with van der Waals surface area (Å²) in [7, 11) is 1.61. The molecule has 1 aromatic rings. The summed E-state index contributed by atoms with van der Waals surface area (Å²) in [5.41, 5.74) is 0.896. The third kappa shape index (κ3) is 6.20. The van der Waals surface area contributed by atoms with E-state index in [4.69, 9.17) is 9.47 Å². The topological polar surface area (TPSA) is 47.6 Å². The minimum absolute atomic E-state index is 0.0894. The molecule has 22 heavy (non-hydrogen) atoms. The molecule has 4 nitrogen and oxygen atoms in total. The molecule has 0 radical (unpaired) electrons. The van der Waals surface area contributed by atoms with E-state index in [0.717, 1.165) is 17.7 Å². The van der Waals surface area contributed by atoms with Crippen molar-refractivity contribution >= 4 is 12.0 Å². The van der Waals surface area contributed by atoms with Crippen LogP contribution < -0.4 is 14.8 Å². The lowest BCUT2D eigenvalue weighted by atomic mass is 10.1. The largest absolute Gasteiger partial charge is 0.493 e. The van der Waals surface area contributed by atoms with Crippen molar-refractivity contribution in [3.63, 3.8) is 0 Å². The van der Waals surface area contributed by atoms with Crippen molar-refractivity contribution in [1.29, 1.82) is 0 Å². The van der Waals surface area contributed by atoms with Gasteiger partial charge in [-0.15, -0.1) is 0 Å². The predicted octanol–water partition coefficient (Wildman–Crippen LogP) is 3.66. The van der Waals surface area contributed by atoms with Crippen LogP contribution in [-0.2, 0) is 4.79 Å². The molecule has 0 spiro atoms. The second-order valence-electron chi connectivity index (χ2n) is 5.77. The van der Waals surface area contributed by atoms with Gasteiger partial charge in [0.2, 0.25) is 5.91 Å². The van der Waals surface area contributed by atoms with Crippen LogP contribution in [0.15, 0.2) is 24.3 Å². The van der Waals surface area contributed by atoms with Crippen molar-refractivity contribution in [1.82, 2.24) is 5.32 Å². The Bertz CT molecular complexity index is 509. The summed E-state index contributed by atoms with van der Waals surface area (Å²) in [5, 5.41) is 2.89. The second kappa shape index (κ2) is 9.13. The average molecular weight is 305 g/mol. The van der Waals surface area contributed by atoms with Crippen molar-refractivity contribution < 1.29 is 14.3 Å². The number of hydrogen-bond donors (Lipinski definition) is 1. The van der Waals surface area contributed by atoms with Gasteiger partial charge in [0.1, 0.15) is 0 Å². The van der Waals surface area contributed by atoms with E-state index in [1.54, 1.807) is 13.2 Å². The molecule has 1 atom stereocenters. The Labute approximate surface area is 133 Å². The number of nitrogens with one attached hydrogen (secondary N) is 1. The molecule has 1 unspecified atom stereocenters. The van der Waals surface area contributed by atoms with Crippen LogP contribution in [-0.4, -0.2) is 25.7 Å². The van der Waals surface area contributed by atoms with Crippen molar-refractivity contribution in [3.05, 3.63) is 29.8 Å². The van der Waals surface area contributed by atoms with E-state index < -0.39 is 0 Å². The minimum atomic E-state index is -0.0894. The smallest absolute Gasteiger partial charge is 0.244 e. The van der Waals surface area contributed by atoms with Crippen molar-refractivity contribution in [2.24, 2.45) is 5.92 Å². The van der Waals surface area contributed by atoms with Gasteiger partial charge in [-0.25, -0.2) is 0 Å². The first-order chi connectivity index (χ1) is 10.5. The van der Waals surface area contributed by atoms with E-state index in [0.29, 0.717) is 18.3 Å². The molecule has 122 valence electrons. The zero-order chi connectivity index (χ0) is 16.5. The third-order valence-electron chi connectivity index (χ3n) is 3.19. The van der Waals surface area contributed by atoms with Gasteiger partial charge >= 0.3 is 0 Å². The van der Waals surface area contributed by atoms with Crippen LogP contribution >= 0.6 is 0 Å². The average Bonchev–Trinajstić information content (AvgIpc) is 2.50. The van der Waals surface area contributed by atoms with Crippen LogP contribution in [0.5, 0.6) is 11.5 Å². The summed E-state index contributed by atoms with van der Waals surface area (Å²) in [6, 6.07) is 5.82. The molecule has 1 rings (SSSR count). The van der Waals surface area contributed by atoms with E-state index in [1.807, 2.05) is 32.0 Å². The molecule has 0 aromatic heterocycles. The van der Waals surface area contributed by atoms with Gasteiger partial charge in [0, 0.05) is 12.1 Å². The number of benzene rings is 1. The molecule has 4 heteroatoms. The maximum atomic E-state index is 11.7. The Kier molecular flexibility index (Phi) is 7.50. The third-order valence-corrected chi connectivity index (χ3v) is 3.19. The van der Waals surface area contributed by atoms with Crippen molar-refractivity contribution in [2.75, 3.05) is 13.7 Å². The van der Waals surface area contributed by atoms with Gasteiger partial charge in [-0.1, -0.05) is 26.8 Å². The molecular formula is C18H27NO3. The predicted molar refractivity (Wildman–Crippen MR) is 90.3 cm³/mol. The lowest BCUT2D eigenvalue weighted by Gasteiger charge is -2.13. The number of carbonyl (C=O) groups is 1. The summed E-state index contributed by atoms with van der Waals surface area (Å²) in [6.45, 7) is 8.85. The van der Waals surface area contributed by atoms with Gasteiger partial charge in [0.25, 0.3) is 0 Å². The number of carbonyl (C=O) groups excluding carboxylic acids is 1. The minimum Gasteiger partial charge on any atom is -0.493 e. The van der Waals surface area contributed by atoms with E-state index in [2.05, 4.69) is 19.2 Å². The quantitative estimate of drug-likeness (QED) is 0.746. The highest BCUT2D eigenvalue weighted by Gasteiger charge is 2.06. The number of rotatable bonds is 8. The van der Waals surface area contributed by atoms with Crippen LogP contribution in [0, 0.1) is 5.92 Å².